The van der Waals surface area contributed by atoms with Crippen LogP contribution in [0.3, 0.4) is 0 Å². The molecule has 2 aliphatic rings. The first-order chi connectivity index (χ1) is 15.8. The monoisotopic (exact) mass is 455 g/mol. The summed E-state index contributed by atoms with van der Waals surface area (Å²) < 4.78 is 15.1. The van der Waals surface area contributed by atoms with Crippen LogP contribution in [0.1, 0.15) is 34.2 Å². The van der Waals surface area contributed by atoms with Crippen LogP contribution in [0.4, 0.5) is 14.9 Å². The van der Waals surface area contributed by atoms with Gasteiger partial charge in [0.25, 0.3) is 5.91 Å². The summed E-state index contributed by atoms with van der Waals surface area (Å²) in [6, 6.07) is 5.05. The summed E-state index contributed by atoms with van der Waals surface area (Å²) in [7, 11) is 1.49. The highest BCUT2D eigenvalue weighted by atomic mass is 19.1. The maximum absolute atomic E-state index is 13.5. The van der Waals surface area contributed by atoms with Crippen LogP contribution in [0.25, 0.3) is 0 Å². The molecule has 0 radical (unpaired) electrons. The number of rotatable bonds is 3. The van der Waals surface area contributed by atoms with Crippen molar-refractivity contribution in [3.63, 3.8) is 0 Å². The molecule has 11 nitrogen and oxygen atoms in total. The van der Waals surface area contributed by atoms with Gasteiger partial charge in [0.05, 0.1) is 24.3 Å². The molecule has 12 heteroatoms. The second-order valence-corrected chi connectivity index (χ2v) is 7.83. The highest BCUT2D eigenvalue weighted by molar-refractivity contribution is 5.94. The summed E-state index contributed by atoms with van der Waals surface area (Å²) in [4.78, 5) is 44.2. The fourth-order valence-corrected chi connectivity index (χ4v) is 3.87. The number of nitriles is 1. The number of fused-ring (bicyclic) bond motifs is 3. The normalized spacial score (nSPS) is 17.5. The molecular formula is C21H22FN7O4. The van der Waals surface area contributed by atoms with Crippen LogP contribution < -0.4 is 10.6 Å². The number of hydroxylamine groups is 2. The molecule has 1 aromatic carbocycles. The van der Waals surface area contributed by atoms with E-state index in [0.717, 1.165) is 16.8 Å². The van der Waals surface area contributed by atoms with Gasteiger partial charge in [-0.05, 0) is 18.2 Å². The van der Waals surface area contributed by atoms with Gasteiger partial charge in [-0.15, -0.1) is 0 Å². The number of halogens is 1. The average Bonchev–Trinajstić information content (AvgIpc) is 3.09. The van der Waals surface area contributed by atoms with Crippen molar-refractivity contribution >= 4 is 23.5 Å². The lowest BCUT2D eigenvalue weighted by molar-refractivity contribution is -0.148. The first-order valence-electron chi connectivity index (χ1n) is 10.3. The van der Waals surface area contributed by atoms with Crippen molar-refractivity contribution in [3.8, 4) is 6.07 Å². The van der Waals surface area contributed by atoms with E-state index < -0.39 is 23.9 Å². The lowest BCUT2D eigenvalue weighted by Crippen LogP contribution is -2.40. The third-order valence-corrected chi connectivity index (χ3v) is 5.48. The molecule has 3 heterocycles. The van der Waals surface area contributed by atoms with Crippen molar-refractivity contribution in [2.45, 2.75) is 32.5 Å². The number of carbonyl (C=O) groups excluding carboxylic acids is 3. The van der Waals surface area contributed by atoms with Gasteiger partial charge in [-0.1, -0.05) is 0 Å². The smallest absolute Gasteiger partial charge is 0.322 e. The van der Waals surface area contributed by atoms with Crippen molar-refractivity contribution in [3.05, 3.63) is 46.5 Å². The minimum atomic E-state index is -0.664. The predicted octanol–water partition coefficient (Wildman–Crippen LogP) is 1.01. The van der Waals surface area contributed by atoms with Gasteiger partial charge in [-0.2, -0.15) is 10.4 Å². The summed E-state index contributed by atoms with van der Waals surface area (Å²) in [5, 5.41) is 20.0. The maximum Gasteiger partial charge on any atom is 0.322 e. The number of nitrogens with zero attached hydrogens (tertiary/aromatic N) is 5. The highest BCUT2D eigenvalue weighted by Gasteiger charge is 2.35. The summed E-state index contributed by atoms with van der Waals surface area (Å²) in [5.41, 5.74) is 1.82. The number of aromatic nitrogens is 2. The molecule has 1 unspecified atom stereocenters. The summed E-state index contributed by atoms with van der Waals surface area (Å²) in [5.74, 6) is -1.27. The Kier molecular flexibility index (Phi) is 5.97. The van der Waals surface area contributed by atoms with Crippen LogP contribution in [0.15, 0.2) is 18.2 Å². The number of amides is 4. The lowest BCUT2D eigenvalue weighted by Gasteiger charge is -2.27. The molecule has 1 aromatic heterocycles. The van der Waals surface area contributed by atoms with Crippen LogP contribution >= 0.6 is 0 Å². The van der Waals surface area contributed by atoms with Gasteiger partial charge >= 0.3 is 6.03 Å². The highest BCUT2D eigenvalue weighted by Crippen LogP contribution is 2.26. The topological polar surface area (TPSA) is 133 Å². The molecule has 0 saturated heterocycles. The Morgan fingerprint density at radius 3 is 2.91 bits per heavy atom. The Morgan fingerprint density at radius 2 is 2.18 bits per heavy atom. The molecule has 2 N–H and O–H groups in total. The number of nitrogens with one attached hydrogen (secondary N) is 2. The Morgan fingerprint density at radius 1 is 1.39 bits per heavy atom. The summed E-state index contributed by atoms with van der Waals surface area (Å²) in [6.07, 6.45) is -0.0400. The molecule has 33 heavy (non-hydrogen) atoms. The first-order valence-corrected chi connectivity index (χ1v) is 10.3. The number of hydrogen-bond acceptors (Lipinski definition) is 6. The van der Waals surface area contributed by atoms with E-state index in [0.29, 0.717) is 29.9 Å². The molecule has 1 atom stereocenters. The quantitative estimate of drug-likeness (QED) is 0.710. The molecule has 4 amide bonds. The minimum Gasteiger partial charge on any atom is -0.354 e. The molecule has 2 aromatic rings. The molecule has 0 saturated carbocycles. The molecular weight excluding hydrogens is 433 g/mol. The van der Waals surface area contributed by atoms with E-state index in [1.54, 1.807) is 10.8 Å². The van der Waals surface area contributed by atoms with E-state index in [-0.39, 0.29) is 31.1 Å². The number of hydrogen-bond donors (Lipinski definition) is 2. The van der Waals surface area contributed by atoms with E-state index in [4.69, 9.17) is 10.1 Å². The Hall–Kier alpha value is -3.98. The van der Waals surface area contributed by atoms with Gasteiger partial charge < -0.3 is 15.5 Å². The maximum atomic E-state index is 13.5. The number of carbonyl (C=O) groups is 3. The molecule has 2 aliphatic heterocycles. The second-order valence-electron chi connectivity index (χ2n) is 7.83. The van der Waals surface area contributed by atoms with E-state index in [2.05, 4.69) is 15.7 Å². The Bertz CT molecular complexity index is 1170. The third kappa shape index (κ3) is 4.49. The van der Waals surface area contributed by atoms with Crippen LogP contribution in [0, 0.1) is 17.1 Å². The zero-order valence-corrected chi connectivity index (χ0v) is 18.1. The third-order valence-electron chi connectivity index (χ3n) is 5.48. The number of anilines is 1. The predicted molar refractivity (Wildman–Crippen MR) is 112 cm³/mol. The van der Waals surface area contributed by atoms with Gasteiger partial charge in [0.1, 0.15) is 23.7 Å². The standard InChI is InChI=1S/C21H22FN7O4/c1-12(30)24-9-15-10-29-19(20(31)27(2)33-15)16-11-28(6-5-18(16)26-29)21(32)25-14-3-4-17(22)13(7-14)8-23/h3-4,7,15H,5-6,9-11H2,1-2H3,(H,24,30)(H,25,32). The van der Waals surface area contributed by atoms with Crippen molar-refractivity contribution in [1.82, 2.24) is 25.1 Å². The fourth-order valence-electron chi connectivity index (χ4n) is 3.87. The van der Waals surface area contributed by atoms with Crippen LogP contribution in [-0.4, -0.2) is 63.8 Å². The Balaban J connectivity index is 1.54. The van der Waals surface area contributed by atoms with Gasteiger partial charge in [-0.25, -0.2) is 14.2 Å². The van der Waals surface area contributed by atoms with Crippen molar-refractivity contribution in [1.29, 1.82) is 5.26 Å². The molecule has 0 spiro atoms. The lowest BCUT2D eigenvalue weighted by atomic mass is 10.1. The molecule has 0 bridgehead atoms. The van der Waals surface area contributed by atoms with Gasteiger partial charge in [-0.3, -0.25) is 19.1 Å². The summed E-state index contributed by atoms with van der Waals surface area (Å²) >= 11 is 0. The van der Waals surface area contributed by atoms with Crippen molar-refractivity contribution in [2.75, 3.05) is 25.5 Å². The second kappa shape index (κ2) is 8.87. The first kappa shape index (κ1) is 22.2. The zero-order valence-electron chi connectivity index (χ0n) is 18.1. The largest absolute Gasteiger partial charge is 0.354 e. The molecule has 172 valence electrons. The molecule has 0 aliphatic carbocycles. The fraction of sp³-hybridized carbons (Fsp3) is 0.381. The van der Waals surface area contributed by atoms with Gasteiger partial charge in [0.15, 0.2) is 0 Å². The number of benzene rings is 1. The van der Waals surface area contributed by atoms with Crippen molar-refractivity contribution in [2.24, 2.45) is 0 Å². The number of urea groups is 1. The van der Waals surface area contributed by atoms with Gasteiger partial charge in [0, 0.05) is 44.7 Å². The SMILES string of the molecule is CC(=O)NCC1Cn2nc3c(c2C(=O)N(C)O1)CN(C(=O)Nc1ccc(F)c(C#N)c1)CC3. The van der Waals surface area contributed by atoms with Gasteiger partial charge in [0.2, 0.25) is 5.91 Å². The van der Waals surface area contributed by atoms with Crippen LogP contribution in [0.5, 0.6) is 0 Å². The van der Waals surface area contributed by atoms with Crippen molar-refractivity contribution < 1.29 is 23.6 Å². The summed E-state index contributed by atoms with van der Waals surface area (Å²) in [6.45, 7) is 2.40. The minimum absolute atomic E-state index is 0.152. The van der Waals surface area contributed by atoms with Crippen LogP contribution in [-0.2, 0) is 29.1 Å². The van der Waals surface area contributed by atoms with E-state index in [9.17, 15) is 18.8 Å². The van der Waals surface area contributed by atoms with E-state index in [1.165, 1.54) is 31.0 Å². The van der Waals surface area contributed by atoms with E-state index in [1.807, 2.05) is 0 Å². The molecule has 4 rings (SSSR count). The molecule has 0 fully saturated rings. The Labute approximate surface area is 188 Å². The van der Waals surface area contributed by atoms with Crippen LogP contribution in [0.2, 0.25) is 0 Å². The average molecular weight is 455 g/mol. The van der Waals surface area contributed by atoms with E-state index >= 15 is 0 Å². The zero-order chi connectivity index (χ0) is 23.7.